The Morgan fingerprint density at radius 3 is 1.87 bits per heavy atom. The van der Waals surface area contributed by atoms with Gasteiger partial charge in [-0.2, -0.15) is 57.1 Å². The number of ether oxygens (including phenoxy) is 3. The summed E-state index contributed by atoms with van der Waals surface area (Å²) in [5.41, 5.74) is 0.432. The lowest BCUT2D eigenvalue weighted by Gasteiger charge is -2.40. The molecule has 0 aliphatic carbocycles. The molecule has 0 unspecified atom stereocenters. The molecule has 3 nitrogen and oxygen atoms in total. The summed E-state index contributed by atoms with van der Waals surface area (Å²) in [6.45, 7) is 1.49. The fourth-order valence-corrected chi connectivity index (χ4v) is 3.33. The third kappa shape index (κ3) is 6.10. The summed E-state index contributed by atoms with van der Waals surface area (Å²) in [7, 11) is 0. The van der Waals surface area contributed by atoms with E-state index in [1.54, 1.807) is 24.3 Å². The van der Waals surface area contributed by atoms with E-state index in [-0.39, 0.29) is 0 Å². The van der Waals surface area contributed by atoms with E-state index in [9.17, 15) is 57.1 Å². The zero-order valence-electron chi connectivity index (χ0n) is 19.6. The van der Waals surface area contributed by atoms with Gasteiger partial charge in [0.15, 0.2) is 6.29 Å². The third-order valence-electron chi connectivity index (χ3n) is 5.73. The van der Waals surface area contributed by atoms with Gasteiger partial charge in [-0.05, 0) is 25.0 Å². The quantitative estimate of drug-likeness (QED) is 0.185. The third-order valence-corrected chi connectivity index (χ3v) is 5.73. The van der Waals surface area contributed by atoms with E-state index in [1.165, 1.54) is 0 Å². The van der Waals surface area contributed by atoms with Crippen molar-refractivity contribution in [2.24, 2.45) is 5.92 Å². The molecule has 1 aromatic rings. The van der Waals surface area contributed by atoms with Crippen LogP contribution in [-0.4, -0.2) is 55.6 Å². The number of hydrogen-bond donors (Lipinski definition) is 0. The highest BCUT2D eigenvalue weighted by Crippen LogP contribution is 2.60. The van der Waals surface area contributed by atoms with E-state index >= 15 is 0 Å². The van der Waals surface area contributed by atoms with Crippen molar-refractivity contribution in [2.75, 3.05) is 19.8 Å². The van der Waals surface area contributed by atoms with E-state index in [0.717, 1.165) is 12.8 Å². The van der Waals surface area contributed by atoms with E-state index in [2.05, 4.69) is 0 Å². The van der Waals surface area contributed by atoms with Crippen LogP contribution in [0.15, 0.2) is 24.3 Å². The van der Waals surface area contributed by atoms with E-state index in [1.807, 2.05) is 6.92 Å². The lowest BCUT2D eigenvalue weighted by atomic mass is 9.90. The maximum atomic E-state index is 14.0. The maximum Gasteiger partial charge on any atom is 0.460 e. The highest BCUT2D eigenvalue weighted by Gasteiger charge is 2.90. The zero-order valence-corrected chi connectivity index (χ0v) is 19.6. The molecule has 1 saturated heterocycles. The molecule has 38 heavy (non-hydrogen) atoms. The fraction of sp³-hybridized carbons (Fsp3) is 0.727. The van der Waals surface area contributed by atoms with Gasteiger partial charge in [-0.25, -0.2) is 0 Å². The summed E-state index contributed by atoms with van der Waals surface area (Å²) in [5.74, 6) is -37.5. The van der Waals surface area contributed by atoms with E-state index < -0.39 is 74.1 Å². The van der Waals surface area contributed by atoms with Crippen molar-refractivity contribution in [1.29, 1.82) is 0 Å². The first-order valence-electron chi connectivity index (χ1n) is 11.1. The van der Waals surface area contributed by atoms with Gasteiger partial charge in [-0.3, -0.25) is 0 Å². The average Bonchev–Trinajstić information content (AvgIpc) is 2.82. The minimum absolute atomic E-state index is 0.423. The van der Waals surface area contributed by atoms with Gasteiger partial charge >= 0.3 is 35.8 Å². The molecule has 1 aromatic carbocycles. The van der Waals surface area contributed by atoms with Crippen LogP contribution in [-0.2, 0) is 9.47 Å². The molecule has 0 spiro atoms. The maximum absolute atomic E-state index is 14.0. The minimum atomic E-state index is -7.90. The van der Waals surface area contributed by atoms with Crippen LogP contribution in [0.25, 0.3) is 0 Å². The number of rotatable bonds is 12. The molecular formula is C22H23F13O3. The van der Waals surface area contributed by atoms with Crippen LogP contribution < -0.4 is 4.74 Å². The predicted octanol–water partition coefficient (Wildman–Crippen LogP) is 8.05. The van der Waals surface area contributed by atoms with Crippen molar-refractivity contribution in [3.8, 4) is 5.75 Å². The Morgan fingerprint density at radius 1 is 0.789 bits per heavy atom. The van der Waals surface area contributed by atoms with Crippen LogP contribution in [0.3, 0.4) is 0 Å². The van der Waals surface area contributed by atoms with Crippen molar-refractivity contribution in [3.05, 3.63) is 29.8 Å². The zero-order chi connectivity index (χ0) is 29.2. The largest absolute Gasteiger partial charge is 0.494 e. The molecular weight excluding hydrogens is 559 g/mol. The summed E-state index contributed by atoms with van der Waals surface area (Å²) in [5, 5.41) is 0. The monoisotopic (exact) mass is 582 g/mol. The van der Waals surface area contributed by atoms with E-state index in [0.29, 0.717) is 17.9 Å². The number of hydrogen-bond acceptors (Lipinski definition) is 3. The van der Waals surface area contributed by atoms with Gasteiger partial charge in [0.1, 0.15) is 5.75 Å². The molecule has 1 aliphatic rings. The first kappa shape index (κ1) is 32.2. The second kappa shape index (κ2) is 11.3. The highest BCUT2D eigenvalue weighted by atomic mass is 19.4. The van der Waals surface area contributed by atoms with Gasteiger partial charge < -0.3 is 14.2 Å². The number of benzene rings is 1. The summed E-state index contributed by atoms with van der Waals surface area (Å²) >= 11 is 0. The molecule has 220 valence electrons. The number of alkyl halides is 13. The van der Waals surface area contributed by atoms with Crippen LogP contribution in [0.5, 0.6) is 5.75 Å². The van der Waals surface area contributed by atoms with E-state index in [4.69, 9.17) is 14.2 Å². The normalized spacial score (nSPS) is 20.5. The van der Waals surface area contributed by atoms with Crippen molar-refractivity contribution < 1.29 is 71.3 Å². The van der Waals surface area contributed by atoms with Crippen LogP contribution in [0.4, 0.5) is 57.1 Å². The Hall–Kier alpha value is -1.97. The van der Waals surface area contributed by atoms with Crippen molar-refractivity contribution in [3.63, 3.8) is 0 Å². The van der Waals surface area contributed by atoms with Crippen LogP contribution >= 0.6 is 0 Å². The van der Waals surface area contributed by atoms with Crippen molar-refractivity contribution >= 4 is 0 Å². The molecule has 1 heterocycles. The fourth-order valence-electron chi connectivity index (χ4n) is 3.33. The SMILES string of the molecule is CCCCOc1cccc(C2OCC(CCC(F)(F)C(F)(F)C(F)(F)C(F)(F)C(F)(F)C(F)(F)F)CO2)c1. The Labute approximate surface area is 208 Å². The molecule has 2 rings (SSSR count). The van der Waals surface area contributed by atoms with Gasteiger partial charge in [-0.15, -0.1) is 0 Å². The first-order valence-corrected chi connectivity index (χ1v) is 11.1. The van der Waals surface area contributed by atoms with Gasteiger partial charge in [0.25, 0.3) is 0 Å². The van der Waals surface area contributed by atoms with Gasteiger partial charge in [0, 0.05) is 17.9 Å². The van der Waals surface area contributed by atoms with Gasteiger partial charge in [-0.1, -0.05) is 25.5 Å². The highest BCUT2D eigenvalue weighted by molar-refractivity contribution is 5.29. The van der Waals surface area contributed by atoms with Crippen LogP contribution in [0.2, 0.25) is 0 Å². The standard InChI is InChI=1S/C22H23F13O3/c1-2-3-9-36-15-6-4-5-14(10-15)16-37-11-13(12-38-16)7-8-17(23,24)18(25,26)19(27,28)20(29,30)21(31,32)22(33,34)35/h4-6,10,13,16H,2-3,7-9,11-12H2,1H3. The molecule has 16 heteroatoms. The molecule has 0 bridgehead atoms. The van der Waals surface area contributed by atoms with Crippen molar-refractivity contribution in [2.45, 2.75) is 74.7 Å². The van der Waals surface area contributed by atoms with Crippen LogP contribution in [0.1, 0.15) is 44.5 Å². The molecule has 0 saturated carbocycles. The van der Waals surface area contributed by atoms with Crippen molar-refractivity contribution in [1.82, 2.24) is 0 Å². The molecule has 0 N–H and O–H groups in total. The minimum Gasteiger partial charge on any atom is -0.494 e. The Morgan fingerprint density at radius 2 is 1.34 bits per heavy atom. The molecule has 0 radical (unpaired) electrons. The molecule has 0 aromatic heterocycles. The summed E-state index contributed by atoms with van der Waals surface area (Å²) in [6.07, 6.45) is -10.2. The Bertz CT molecular complexity index is 910. The molecule has 1 aliphatic heterocycles. The lowest BCUT2D eigenvalue weighted by molar-refractivity contribution is -0.440. The Kier molecular flexibility index (Phi) is 9.55. The second-order valence-electron chi connectivity index (χ2n) is 8.68. The Balaban J connectivity index is 2.04. The van der Waals surface area contributed by atoms with Crippen LogP contribution in [0, 0.1) is 5.92 Å². The number of halogens is 13. The summed E-state index contributed by atoms with van der Waals surface area (Å²) in [6, 6.07) is 6.34. The first-order chi connectivity index (χ1) is 17.2. The molecule has 0 atom stereocenters. The second-order valence-corrected chi connectivity index (χ2v) is 8.68. The molecule has 0 amide bonds. The summed E-state index contributed by atoms with van der Waals surface area (Å²) in [4.78, 5) is 0. The van der Waals surface area contributed by atoms with Gasteiger partial charge in [0.05, 0.1) is 19.8 Å². The predicted molar refractivity (Wildman–Crippen MR) is 105 cm³/mol. The number of unbranched alkanes of at least 4 members (excludes halogenated alkanes) is 1. The lowest BCUT2D eigenvalue weighted by Crippen LogP contribution is -2.70. The topological polar surface area (TPSA) is 27.7 Å². The molecule has 1 fully saturated rings. The summed E-state index contributed by atoms with van der Waals surface area (Å²) < 4.78 is 188. The van der Waals surface area contributed by atoms with Gasteiger partial charge in [0.2, 0.25) is 0 Å². The average molecular weight is 582 g/mol. The smallest absolute Gasteiger partial charge is 0.460 e.